The summed E-state index contributed by atoms with van der Waals surface area (Å²) < 4.78 is 11.4. The van der Waals surface area contributed by atoms with Crippen molar-refractivity contribution in [1.29, 1.82) is 0 Å². The highest BCUT2D eigenvalue weighted by molar-refractivity contribution is 5.84. The molecular weight excluding hydrogens is 410 g/mol. The molecule has 172 valence electrons. The second kappa shape index (κ2) is 11.9. The normalized spacial score (nSPS) is 12.4. The highest BCUT2D eigenvalue weighted by atomic mass is 16.6. The predicted octanol–water partition coefficient (Wildman–Crippen LogP) is 5.10. The lowest BCUT2D eigenvalue weighted by Gasteiger charge is -2.34. The fraction of sp³-hybridized carbons (Fsp3) is 0.360. The van der Waals surface area contributed by atoms with Crippen molar-refractivity contribution in [2.45, 2.75) is 39.7 Å². The van der Waals surface area contributed by atoms with Crippen LogP contribution in [0.5, 0.6) is 5.75 Å². The molecular formula is C25H31NO6. The number of benzene rings is 2. The molecule has 2 aromatic carbocycles. The van der Waals surface area contributed by atoms with Gasteiger partial charge in [0, 0.05) is 17.2 Å². The Hall–Kier alpha value is -3.32. The number of ether oxygens (including phenoxy) is 2. The van der Waals surface area contributed by atoms with Gasteiger partial charge in [-0.3, -0.25) is 5.32 Å². The predicted molar refractivity (Wildman–Crippen MR) is 123 cm³/mol. The van der Waals surface area contributed by atoms with Crippen LogP contribution in [0.4, 0.5) is 10.5 Å². The van der Waals surface area contributed by atoms with Crippen LogP contribution in [0.3, 0.4) is 0 Å². The van der Waals surface area contributed by atoms with Crippen molar-refractivity contribution >= 4 is 17.7 Å². The Kier molecular flexibility index (Phi) is 9.28. The molecule has 3 N–H and O–H groups in total. The Balaban J connectivity index is 2.23. The third kappa shape index (κ3) is 8.07. The van der Waals surface area contributed by atoms with Crippen LogP contribution in [0.2, 0.25) is 0 Å². The third-order valence-electron chi connectivity index (χ3n) is 4.97. The summed E-state index contributed by atoms with van der Waals surface area (Å²) in [7, 11) is 0. The van der Waals surface area contributed by atoms with Crippen molar-refractivity contribution in [3.05, 3.63) is 71.8 Å². The molecule has 7 heteroatoms. The molecule has 0 aliphatic heterocycles. The lowest BCUT2D eigenvalue weighted by Crippen LogP contribution is -2.29. The summed E-state index contributed by atoms with van der Waals surface area (Å²) in [5.41, 5.74) is 1.94. The molecule has 0 aromatic heterocycles. The Labute approximate surface area is 188 Å². The van der Waals surface area contributed by atoms with Crippen molar-refractivity contribution in [3.63, 3.8) is 0 Å². The first-order chi connectivity index (χ1) is 15.2. The minimum atomic E-state index is -0.998. The van der Waals surface area contributed by atoms with Crippen LogP contribution < -0.4 is 10.1 Å². The molecule has 1 atom stereocenters. The molecule has 0 heterocycles. The fourth-order valence-electron chi connectivity index (χ4n) is 3.27. The van der Waals surface area contributed by atoms with Crippen molar-refractivity contribution in [1.82, 2.24) is 0 Å². The zero-order valence-electron chi connectivity index (χ0n) is 18.7. The van der Waals surface area contributed by atoms with E-state index in [1.54, 1.807) is 36.4 Å². The van der Waals surface area contributed by atoms with Crippen LogP contribution >= 0.6 is 0 Å². The van der Waals surface area contributed by atoms with Gasteiger partial charge in [-0.2, -0.15) is 0 Å². The molecule has 2 rings (SSSR count). The van der Waals surface area contributed by atoms with E-state index in [1.807, 2.05) is 39.0 Å². The first-order valence-electron chi connectivity index (χ1n) is 10.5. The van der Waals surface area contributed by atoms with E-state index in [0.717, 1.165) is 17.2 Å². The number of aryl methyl sites for hydroxylation is 1. The van der Waals surface area contributed by atoms with Crippen molar-refractivity contribution in [2.24, 2.45) is 5.41 Å². The molecule has 1 amide bonds. The summed E-state index contributed by atoms with van der Waals surface area (Å²) in [6, 6.07) is 14.6. The Morgan fingerprint density at radius 2 is 1.88 bits per heavy atom. The molecule has 0 saturated carbocycles. The fourth-order valence-corrected chi connectivity index (χ4v) is 3.27. The number of rotatable bonds is 11. The van der Waals surface area contributed by atoms with Gasteiger partial charge in [-0.1, -0.05) is 49.8 Å². The second-order valence-electron chi connectivity index (χ2n) is 8.19. The molecule has 0 saturated heterocycles. The van der Waals surface area contributed by atoms with Crippen LogP contribution in [-0.4, -0.2) is 35.5 Å². The van der Waals surface area contributed by atoms with Gasteiger partial charge in [0.2, 0.25) is 0 Å². The number of allylic oxidation sites excluding steroid dienone is 1. The monoisotopic (exact) mass is 441 g/mol. The number of aliphatic hydroxyl groups excluding tert-OH is 1. The number of carboxylic acid groups (broad SMARTS) is 1. The van der Waals surface area contributed by atoms with Crippen LogP contribution in [0.15, 0.2) is 60.7 Å². The lowest BCUT2D eigenvalue weighted by molar-refractivity contribution is -0.131. The molecule has 2 aromatic rings. The van der Waals surface area contributed by atoms with E-state index >= 15 is 0 Å². The highest BCUT2D eigenvalue weighted by Gasteiger charge is 2.34. The van der Waals surface area contributed by atoms with Gasteiger partial charge in [0.15, 0.2) is 0 Å². The highest BCUT2D eigenvalue weighted by Crippen LogP contribution is 2.41. The zero-order chi connectivity index (χ0) is 23.6. The molecule has 32 heavy (non-hydrogen) atoms. The number of amides is 1. The Morgan fingerprint density at radius 1 is 1.16 bits per heavy atom. The molecule has 0 unspecified atom stereocenters. The van der Waals surface area contributed by atoms with Crippen LogP contribution in [0, 0.1) is 12.3 Å². The maximum atomic E-state index is 12.7. The van der Waals surface area contributed by atoms with Crippen molar-refractivity contribution in [2.75, 3.05) is 18.5 Å². The summed E-state index contributed by atoms with van der Waals surface area (Å²) in [5, 5.41) is 20.6. The summed E-state index contributed by atoms with van der Waals surface area (Å²) in [5.74, 6) is -0.438. The van der Waals surface area contributed by atoms with E-state index in [4.69, 9.17) is 19.7 Å². The number of nitrogens with one attached hydrogen (secondary N) is 1. The smallest absolute Gasteiger partial charge is 0.412 e. The Morgan fingerprint density at radius 3 is 2.53 bits per heavy atom. The van der Waals surface area contributed by atoms with Crippen LogP contribution in [0.1, 0.15) is 43.9 Å². The number of carboxylic acids is 1. The molecule has 0 aliphatic rings. The molecule has 0 spiro atoms. The summed E-state index contributed by atoms with van der Waals surface area (Å²) in [4.78, 5) is 23.5. The average Bonchev–Trinajstić information content (AvgIpc) is 2.75. The average molecular weight is 442 g/mol. The molecule has 0 radical (unpaired) electrons. The summed E-state index contributed by atoms with van der Waals surface area (Å²) in [6.45, 7) is 5.95. The molecule has 7 nitrogen and oxygen atoms in total. The molecule has 0 bridgehead atoms. The number of carbonyl (C=O) groups excluding carboxylic acids is 1. The standard InChI is InChI=1S/C25H31NO6/c1-18-10-12-20(13-11-18)26-24(30)32-23(25(2,3)14-5-4-9-22(28)29)19-7-6-8-21(17-19)31-16-15-27/h4,6-13,17,23,27H,5,14-16H2,1-3H3,(H,26,30)(H,28,29)/b9-4+/t23-/m0/s1. The number of aliphatic hydroxyl groups is 1. The largest absolute Gasteiger partial charge is 0.491 e. The molecule has 0 fully saturated rings. The quantitative estimate of drug-likeness (QED) is 0.419. The van der Waals surface area contributed by atoms with E-state index in [-0.39, 0.29) is 13.2 Å². The van der Waals surface area contributed by atoms with E-state index in [0.29, 0.717) is 24.3 Å². The lowest BCUT2D eigenvalue weighted by atomic mass is 9.78. The van der Waals surface area contributed by atoms with Gasteiger partial charge in [0.1, 0.15) is 18.5 Å². The third-order valence-corrected chi connectivity index (χ3v) is 4.97. The summed E-state index contributed by atoms with van der Waals surface area (Å²) in [6.07, 6.45) is 2.59. The number of aliphatic carboxylic acids is 1. The SMILES string of the molecule is Cc1ccc(NC(=O)O[C@@H](c2cccc(OCCO)c2)C(C)(C)CC/C=C/C(=O)O)cc1. The van der Waals surface area contributed by atoms with Gasteiger partial charge < -0.3 is 19.7 Å². The molecule has 0 aliphatic carbocycles. The minimum absolute atomic E-state index is 0.107. The van der Waals surface area contributed by atoms with Crippen molar-refractivity contribution in [3.8, 4) is 5.75 Å². The summed E-state index contributed by atoms with van der Waals surface area (Å²) >= 11 is 0. The van der Waals surface area contributed by atoms with E-state index in [1.165, 1.54) is 0 Å². The van der Waals surface area contributed by atoms with Gasteiger partial charge in [0.25, 0.3) is 0 Å². The maximum absolute atomic E-state index is 12.7. The van der Waals surface area contributed by atoms with Crippen LogP contribution in [-0.2, 0) is 9.53 Å². The van der Waals surface area contributed by atoms with Gasteiger partial charge >= 0.3 is 12.1 Å². The second-order valence-corrected chi connectivity index (χ2v) is 8.19. The van der Waals surface area contributed by atoms with Crippen LogP contribution in [0.25, 0.3) is 0 Å². The zero-order valence-corrected chi connectivity index (χ0v) is 18.7. The first kappa shape index (κ1) is 24.9. The van der Waals surface area contributed by atoms with Gasteiger partial charge in [-0.15, -0.1) is 0 Å². The van der Waals surface area contributed by atoms with E-state index < -0.39 is 23.6 Å². The topological polar surface area (TPSA) is 105 Å². The van der Waals surface area contributed by atoms with Gasteiger partial charge in [0.05, 0.1) is 6.61 Å². The Bertz CT molecular complexity index is 920. The van der Waals surface area contributed by atoms with Gasteiger partial charge in [-0.25, -0.2) is 9.59 Å². The van der Waals surface area contributed by atoms with E-state index in [2.05, 4.69) is 5.32 Å². The minimum Gasteiger partial charge on any atom is -0.491 e. The number of hydrogen-bond acceptors (Lipinski definition) is 5. The maximum Gasteiger partial charge on any atom is 0.412 e. The van der Waals surface area contributed by atoms with Crippen molar-refractivity contribution < 1.29 is 29.3 Å². The first-order valence-corrected chi connectivity index (χ1v) is 10.5. The number of anilines is 1. The number of hydrogen-bond donors (Lipinski definition) is 3. The van der Waals surface area contributed by atoms with E-state index in [9.17, 15) is 9.59 Å². The number of carbonyl (C=O) groups is 2. The van der Waals surface area contributed by atoms with Gasteiger partial charge in [-0.05, 0) is 49.6 Å².